The van der Waals surface area contributed by atoms with Gasteiger partial charge in [0.05, 0.1) is 14.2 Å². The Balaban J connectivity index is 2.58. The van der Waals surface area contributed by atoms with Crippen molar-refractivity contribution in [1.29, 1.82) is 0 Å². The van der Waals surface area contributed by atoms with Gasteiger partial charge < -0.3 is 29.2 Å². The lowest BCUT2D eigenvalue weighted by Crippen LogP contribution is -2.04. The summed E-state index contributed by atoms with van der Waals surface area (Å²) in [6.45, 7) is 0. The highest BCUT2D eigenvalue weighted by Gasteiger charge is 2.21. The van der Waals surface area contributed by atoms with Gasteiger partial charge in [0, 0.05) is 18.2 Å². The SMILES string of the molecule is COc1cc(O)c2c(=O)c3c(O)c(OC)cc(O)c3oc2c1. The largest absolute Gasteiger partial charge is 0.507 e. The van der Waals surface area contributed by atoms with Gasteiger partial charge in [-0.15, -0.1) is 0 Å². The summed E-state index contributed by atoms with van der Waals surface area (Å²) < 4.78 is 15.3. The minimum absolute atomic E-state index is 0.0224. The molecule has 114 valence electrons. The van der Waals surface area contributed by atoms with Gasteiger partial charge in [0.15, 0.2) is 22.8 Å². The molecule has 0 saturated carbocycles. The number of ether oxygens (including phenoxy) is 2. The predicted molar refractivity (Wildman–Crippen MR) is 78.1 cm³/mol. The summed E-state index contributed by atoms with van der Waals surface area (Å²) in [6, 6.07) is 3.78. The summed E-state index contributed by atoms with van der Waals surface area (Å²) in [4.78, 5) is 12.6. The topological polar surface area (TPSA) is 109 Å². The van der Waals surface area contributed by atoms with Crippen molar-refractivity contribution in [3.05, 3.63) is 28.4 Å². The van der Waals surface area contributed by atoms with Crippen LogP contribution in [-0.4, -0.2) is 29.5 Å². The normalized spacial score (nSPS) is 11.0. The highest BCUT2D eigenvalue weighted by molar-refractivity contribution is 5.99. The Kier molecular flexibility index (Phi) is 2.98. The summed E-state index contributed by atoms with van der Waals surface area (Å²) in [6.07, 6.45) is 0. The average Bonchev–Trinajstić information content (AvgIpc) is 2.49. The minimum atomic E-state index is -0.692. The average molecular weight is 304 g/mol. The van der Waals surface area contributed by atoms with E-state index in [-0.39, 0.29) is 44.9 Å². The van der Waals surface area contributed by atoms with E-state index in [1.807, 2.05) is 0 Å². The quantitative estimate of drug-likeness (QED) is 0.491. The van der Waals surface area contributed by atoms with Gasteiger partial charge in [-0.25, -0.2) is 0 Å². The second-order valence-electron chi connectivity index (χ2n) is 4.60. The second-order valence-corrected chi connectivity index (χ2v) is 4.60. The lowest BCUT2D eigenvalue weighted by molar-refractivity contribution is 0.371. The van der Waals surface area contributed by atoms with E-state index in [1.165, 1.54) is 26.4 Å². The molecule has 3 N–H and O–H groups in total. The van der Waals surface area contributed by atoms with Gasteiger partial charge >= 0.3 is 0 Å². The number of hydrogen-bond acceptors (Lipinski definition) is 7. The molecule has 0 aliphatic carbocycles. The zero-order valence-electron chi connectivity index (χ0n) is 11.7. The molecule has 0 unspecified atom stereocenters. The van der Waals surface area contributed by atoms with Crippen LogP contribution in [0, 0.1) is 0 Å². The van der Waals surface area contributed by atoms with Crippen molar-refractivity contribution in [2.24, 2.45) is 0 Å². The Hall–Kier alpha value is -3.09. The number of hydrogen-bond donors (Lipinski definition) is 3. The summed E-state index contributed by atoms with van der Waals surface area (Å²) in [5.74, 6) is -0.992. The van der Waals surface area contributed by atoms with Crippen LogP contribution in [0.5, 0.6) is 28.7 Å². The van der Waals surface area contributed by atoms with E-state index in [4.69, 9.17) is 13.9 Å². The van der Waals surface area contributed by atoms with Crippen molar-refractivity contribution in [3.63, 3.8) is 0 Å². The molecule has 2 aromatic carbocycles. The van der Waals surface area contributed by atoms with Gasteiger partial charge in [-0.05, 0) is 0 Å². The number of phenolic OH excluding ortho intramolecular Hbond substituents is 3. The smallest absolute Gasteiger partial charge is 0.208 e. The minimum Gasteiger partial charge on any atom is -0.507 e. The van der Waals surface area contributed by atoms with Gasteiger partial charge in [-0.1, -0.05) is 0 Å². The van der Waals surface area contributed by atoms with E-state index in [0.717, 1.165) is 6.07 Å². The first-order valence-electron chi connectivity index (χ1n) is 6.24. The number of methoxy groups -OCH3 is 2. The van der Waals surface area contributed by atoms with Gasteiger partial charge in [-0.2, -0.15) is 0 Å². The van der Waals surface area contributed by atoms with Gasteiger partial charge in [0.1, 0.15) is 27.9 Å². The van der Waals surface area contributed by atoms with Crippen molar-refractivity contribution < 1.29 is 29.2 Å². The number of phenols is 3. The molecule has 3 aromatic rings. The standard InChI is InChI=1S/C15H12O7/c1-20-6-3-7(16)11-9(4-6)22-15-8(17)5-10(21-2)13(18)12(15)14(11)19/h3-5,16-18H,1-2H3. The molecule has 0 spiro atoms. The molecule has 1 heterocycles. The Labute approximate surface area is 123 Å². The maximum atomic E-state index is 12.6. The third-order valence-electron chi connectivity index (χ3n) is 3.37. The third kappa shape index (κ3) is 1.79. The Bertz CT molecular complexity index is 956. The van der Waals surface area contributed by atoms with Crippen LogP contribution in [-0.2, 0) is 0 Å². The fourth-order valence-electron chi connectivity index (χ4n) is 2.32. The Morgan fingerprint density at radius 1 is 0.955 bits per heavy atom. The molecule has 1 aromatic heterocycles. The van der Waals surface area contributed by atoms with Crippen LogP contribution in [0.4, 0.5) is 0 Å². The van der Waals surface area contributed by atoms with Crippen LogP contribution in [0.2, 0.25) is 0 Å². The fraction of sp³-hybridized carbons (Fsp3) is 0.133. The monoisotopic (exact) mass is 304 g/mol. The van der Waals surface area contributed by atoms with Crippen LogP contribution in [0.1, 0.15) is 0 Å². The van der Waals surface area contributed by atoms with Gasteiger partial charge in [-0.3, -0.25) is 4.79 Å². The molecule has 0 aliphatic rings. The molecule has 7 nitrogen and oxygen atoms in total. The highest BCUT2D eigenvalue weighted by Crippen LogP contribution is 2.41. The van der Waals surface area contributed by atoms with E-state index in [1.54, 1.807) is 0 Å². The number of rotatable bonds is 2. The number of fused-ring (bicyclic) bond motifs is 2. The van der Waals surface area contributed by atoms with E-state index >= 15 is 0 Å². The van der Waals surface area contributed by atoms with E-state index in [9.17, 15) is 20.1 Å². The maximum absolute atomic E-state index is 12.6. The van der Waals surface area contributed by atoms with E-state index < -0.39 is 11.2 Å². The molecule has 0 bridgehead atoms. The van der Waals surface area contributed by atoms with Crippen molar-refractivity contribution in [2.75, 3.05) is 14.2 Å². The molecule has 0 fully saturated rings. The first kappa shape index (κ1) is 13.9. The van der Waals surface area contributed by atoms with E-state index in [0.29, 0.717) is 0 Å². The van der Waals surface area contributed by atoms with Crippen LogP contribution in [0.15, 0.2) is 27.4 Å². The van der Waals surface area contributed by atoms with Crippen LogP contribution < -0.4 is 14.9 Å². The van der Waals surface area contributed by atoms with Crippen LogP contribution >= 0.6 is 0 Å². The molecule has 0 radical (unpaired) electrons. The summed E-state index contributed by atoms with van der Waals surface area (Å²) in [5.41, 5.74) is -0.874. The summed E-state index contributed by atoms with van der Waals surface area (Å²) >= 11 is 0. The van der Waals surface area contributed by atoms with Crippen molar-refractivity contribution in [1.82, 2.24) is 0 Å². The fourth-order valence-corrected chi connectivity index (χ4v) is 2.32. The Morgan fingerprint density at radius 2 is 1.68 bits per heavy atom. The molecule has 3 rings (SSSR count). The van der Waals surface area contributed by atoms with Crippen molar-refractivity contribution >= 4 is 21.9 Å². The zero-order valence-corrected chi connectivity index (χ0v) is 11.7. The van der Waals surface area contributed by atoms with Gasteiger partial charge in [0.2, 0.25) is 5.43 Å². The van der Waals surface area contributed by atoms with Crippen molar-refractivity contribution in [3.8, 4) is 28.7 Å². The van der Waals surface area contributed by atoms with Crippen LogP contribution in [0.25, 0.3) is 21.9 Å². The first-order chi connectivity index (χ1) is 10.5. The molecular formula is C15H12O7. The number of benzene rings is 2. The number of aromatic hydroxyl groups is 3. The molecular weight excluding hydrogens is 292 g/mol. The molecule has 0 aliphatic heterocycles. The zero-order chi connectivity index (χ0) is 16.0. The molecule has 7 heteroatoms. The molecule has 22 heavy (non-hydrogen) atoms. The van der Waals surface area contributed by atoms with Crippen LogP contribution in [0.3, 0.4) is 0 Å². The molecule has 0 amide bonds. The predicted octanol–water partition coefficient (Wildman–Crippen LogP) is 2.08. The van der Waals surface area contributed by atoms with Crippen molar-refractivity contribution in [2.45, 2.75) is 0 Å². The highest BCUT2D eigenvalue weighted by atomic mass is 16.5. The summed E-state index contributed by atoms with van der Waals surface area (Å²) in [7, 11) is 2.68. The third-order valence-corrected chi connectivity index (χ3v) is 3.37. The maximum Gasteiger partial charge on any atom is 0.208 e. The van der Waals surface area contributed by atoms with E-state index in [2.05, 4.69) is 0 Å². The first-order valence-corrected chi connectivity index (χ1v) is 6.24. The lowest BCUT2D eigenvalue weighted by atomic mass is 10.1. The Morgan fingerprint density at radius 3 is 2.32 bits per heavy atom. The van der Waals surface area contributed by atoms with Gasteiger partial charge in [0.25, 0.3) is 0 Å². The summed E-state index contributed by atoms with van der Waals surface area (Å²) in [5, 5.41) is 29.7. The molecule has 0 atom stereocenters. The second kappa shape index (κ2) is 4.73. The molecule has 0 saturated heterocycles. The lowest BCUT2D eigenvalue weighted by Gasteiger charge is -2.10.